The van der Waals surface area contributed by atoms with E-state index in [-0.39, 0.29) is 110 Å². The lowest BCUT2D eigenvalue weighted by Gasteiger charge is -2.25. The van der Waals surface area contributed by atoms with Crippen LogP contribution >= 0.6 is 0 Å². The standard InChI is InChI=1S/C58H67N9O9/c59-46(19-10-28-65-56(71)74-34-37-13-4-1-5-14-37)53(68)40-22-25-43(49(62)31-40)52(44-26-23-41(32-50(44)63)54(69)47(60)20-11-29-66-57(72)75-35-38-15-6-2-7-16-38)45-27-24-42(33-51(45)64)55(70)48(61)21-12-30-67-58(73)76-36-39-17-8-3-9-18-39/h1-9,13-18,22-27,31-33,46-48,52H,10-12,19-21,28-30,34-36,59-64H2,(H,65,71)(H,66,72)(H,67,73)/t46-,47-,48-/m0/s1. The van der Waals surface area contributed by atoms with Crippen LogP contribution in [0, 0.1) is 0 Å². The van der Waals surface area contributed by atoms with Crippen molar-refractivity contribution in [3.63, 3.8) is 0 Å². The van der Waals surface area contributed by atoms with Crippen molar-refractivity contribution in [2.75, 3.05) is 36.8 Å². The van der Waals surface area contributed by atoms with Gasteiger partial charge in [0.2, 0.25) is 0 Å². The molecule has 0 fully saturated rings. The van der Waals surface area contributed by atoms with Gasteiger partial charge in [-0.25, -0.2) is 14.4 Å². The summed E-state index contributed by atoms with van der Waals surface area (Å²) in [7, 11) is 0. The number of amides is 3. The van der Waals surface area contributed by atoms with E-state index in [9.17, 15) is 28.8 Å². The van der Waals surface area contributed by atoms with Gasteiger partial charge in [0.15, 0.2) is 17.3 Å². The van der Waals surface area contributed by atoms with Crippen molar-refractivity contribution in [1.82, 2.24) is 16.0 Å². The SMILES string of the molecule is Nc1cc(C(=O)[C@@H](N)CCCNC(=O)OCc2ccccc2)ccc1C(c1ccc(C(=O)[C@@H](N)CCCNC(=O)OCc2ccccc2)cc1N)c1ccc(C(=O)[C@@H](N)CCCNC(=O)OCc2ccccc2)cc1N. The van der Waals surface area contributed by atoms with Gasteiger partial charge in [0, 0.05) is 59.3 Å². The molecule has 398 valence electrons. The van der Waals surface area contributed by atoms with Crippen molar-refractivity contribution in [3.8, 4) is 0 Å². The minimum Gasteiger partial charge on any atom is -0.445 e. The highest BCUT2D eigenvalue weighted by Crippen LogP contribution is 2.41. The van der Waals surface area contributed by atoms with Crippen molar-refractivity contribution in [2.24, 2.45) is 17.2 Å². The van der Waals surface area contributed by atoms with Crippen LogP contribution in [0.4, 0.5) is 31.4 Å². The second kappa shape index (κ2) is 28.8. The number of nitrogens with two attached hydrogens (primary N) is 6. The zero-order chi connectivity index (χ0) is 54.4. The molecule has 0 unspecified atom stereocenters. The number of nitrogen functional groups attached to an aromatic ring is 3. The summed E-state index contributed by atoms with van der Waals surface area (Å²) < 4.78 is 15.8. The lowest BCUT2D eigenvalue weighted by Crippen LogP contribution is -2.33. The van der Waals surface area contributed by atoms with E-state index < -0.39 is 42.3 Å². The predicted molar refractivity (Wildman–Crippen MR) is 292 cm³/mol. The number of carbonyl (C=O) groups is 6. The van der Waals surface area contributed by atoms with E-state index in [0.29, 0.717) is 36.0 Å². The number of nitrogens with one attached hydrogen (secondary N) is 3. The zero-order valence-corrected chi connectivity index (χ0v) is 42.3. The molecule has 0 saturated carbocycles. The first kappa shape index (κ1) is 56.7. The molecule has 0 spiro atoms. The van der Waals surface area contributed by atoms with Crippen molar-refractivity contribution in [1.29, 1.82) is 0 Å². The van der Waals surface area contributed by atoms with Gasteiger partial charge in [0.05, 0.1) is 18.1 Å². The molecule has 0 bridgehead atoms. The van der Waals surface area contributed by atoms with Crippen LogP contribution in [0.15, 0.2) is 146 Å². The molecular weight excluding hydrogens is 967 g/mol. The van der Waals surface area contributed by atoms with Gasteiger partial charge in [-0.3, -0.25) is 14.4 Å². The van der Waals surface area contributed by atoms with E-state index in [1.807, 2.05) is 91.0 Å². The Morgan fingerprint density at radius 3 is 0.895 bits per heavy atom. The fourth-order valence-corrected chi connectivity index (χ4v) is 8.37. The van der Waals surface area contributed by atoms with E-state index in [0.717, 1.165) is 16.7 Å². The molecule has 0 radical (unpaired) electrons. The second-order valence-corrected chi connectivity index (χ2v) is 18.3. The predicted octanol–water partition coefficient (Wildman–Crippen LogP) is 7.26. The number of hydrogen-bond acceptors (Lipinski definition) is 15. The van der Waals surface area contributed by atoms with E-state index in [1.165, 1.54) is 18.2 Å². The summed E-state index contributed by atoms with van der Waals surface area (Å²) in [5.74, 6) is -1.87. The maximum absolute atomic E-state index is 13.6. The molecule has 6 rings (SSSR count). The minimum absolute atomic E-state index is 0.122. The molecule has 6 aromatic carbocycles. The number of benzene rings is 6. The van der Waals surface area contributed by atoms with Gasteiger partial charge in [-0.05, 0) is 90.1 Å². The van der Waals surface area contributed by atoms with Crippen LogP contribution in [0.5, 0.6) is 0 Å². The first-order valence-corrected chi connectivity index (χ1v) is 25.1. The summed E-state index contributed by atoms with van der Waals surface area (Å²) in [6.45, 7) is 1.09. The second-order valence-electron chi connectivity index (χ2n) is 18.3. The molecule has 0 aliphatic heterocycles. The summed E-state index contributed by atoms with van der Waals surface area (Å²) in [6.07, 6.45) is 0.248. The Balaban J connectivity index is 1.12. The molecule has 0 aromatic heterocycles. The number of Topliss-reactive ketones (excluding diaryl/α,β-unsaturated/α-hetero) is 3. The smallest absolute Gasteiger partial charge is 0.407 e. The number of anilines is 3. The summed E-state index contributed by atoms with van der Waals surface area (Å²) in [5, 5.41) is 8.03. The number of rotatable bonds is 27. The Morgan fingerprint density at radius 1 is 0.382 bits per heavy atom. The quantitative estimate of drug-likeness (QED) is 0.00806. The van der Waals surface area contributed by atoms with Crippen LogP contribution in [0.1, 0.15) is 109 Å². The topological polar surface area (TPSA) is 322 Å². The lowest BCUT2D eigenvalue weighted by atomic mass is 9.81. The lowest BCUT2D eigenvalue weighted by molar-refractivity contribution is 0.0948. The molecule has 6 aromatic rings. The molecule has 0 aliphatic carbocycles. The van der Waals surface area contributed by atoms with Crippen LogP contribution in [-0.4, -0.2) is 73.4 Å². The van der Waals surface area contributed by atoms with Crippen molar-refractivity contribution in [2.45, 2.75) is 82.4 Å². The van der Waals surface area contributed by atoms with Gasteiger partial charge in [0.1, 0.15) is 19.8 Å². The Bertz CT molecular complexity index is 2600. The maximum atomic E-state index is 13.6. The highest BCUT2D eigenvalue weighted by Gasteiger charge is 2.28. The largest absolute Gasteiger partial charge is 0.445 e. The average Bonchev–Trinajstić information content (AvgIpc) is 3.44. The number of ketones is 3. The van der Waals surface area contributed by atoms with Gasteiger partial charge in [-0.15, -0.1) is 0 Å². The fraction of sp³-hybridized carbons (Fsp3) is 0.276. The number of ether oxygens (including phenoxy) is 3. The summed E-state index contributed by atoms with van der Waals surface area (Å²) >= 11 is 0. The van der Waals surface area contributed by atoms with Crippen LogP contribution in [0.25, 0.3) is 0 Å². The number of carbonyl (C=O) groups excluding carboxylic acids is 6. The molecule has 18 heteroatoms. The first-order valence-electron chi connectivity index (χ1n) is 25.1. The molecule has 0 saturated heterocycles. The Kier molecular flexibility index (Phi) is 21.5. The Morgan fingerprint density at radius 2 is 0.645 bits per heavy atom. The minimum atomic E-state index is -0.905. The number of alkyl carbamates (subject to hydrolysis) is 3. The first-order chi connectivity index (χ1) is 36.7. The van der Waals surface area contributed by atoms with E-state index in [4.69, 9.17) is 48.6 Å². The van der Waals surface area contributed by atoms with Gasteiger partial charge in [0.25, 0.3) is 0 Å². The Hall–Kier alpha value is -8.58. The third-order valence-electron chi connectivity index (χ3n) is 12.6. The van der Waals surface area contributed by atoms with Gasteiger partial charge in [-0.1, -0.05) is 127 Å². The summed E-state index contributed by atoms with van der Waals surface area (Å²) in [4.78, 5) is 77.6. The average molecular weight is 1030 g/mol. The molecule has 76 heavy (non-hydrogen) atoms. The molecule has 0 aliphatic rings. The van der Waals surface area contributed by atoms with Crippen LogP contribution in [-0.2, 0) is 34.0 Å². The van der Waals surface area contributed by atoms with E-state index in [2.05, 4.69) is 16.0 Å². The molecule has 15 N–H and O–H groups in total. The monoisotopic (exact) mass is 1030 g/mol. The molecule has 18 nitrogen and oxygen atoms in total. The fourth-order valence-electron chi connectivity index (χ4n) is 8.37. The highest BCUT2D eigenvalue weighted by molar-refractivity contribution is 6.02. The maximum Gasteiger partial charge on any atom is 0.407 e. The van der Waals surface area contributed by atoms with Gasteiger partial charge >= 0.3 is 18.3 Å². The van der Waals surface area contributed by atoms with Gasteiger partial charge < -0.3 is 64.6 Å². The van der Waals surface area contributed by atoms with Crippen LogP contribution in [0.2, 0.25) is 0 Å². The van der Waals surface area contributed by atoms with Crippen LogP contribution < -0.4 is 50.4 Å². The molecule has 3 atom stereocenters. The van der Waals surface area contributed by atoms with E-state index >= 15 is 0 Å². The third kappa shape index (κ3) is 17.0. The summed E-state index contributed by atoms with van der Waals surface area (Å²) in [5.41, 5.74) is 44.9. The van der Waals surface area contributed by atoms with E-state index in [1.54, 1.807) is 36.4 Å². The Labute approximate surface area is 442 Å². The normalized spacial score (nSPS) is 12.2. The van der Waals surface area contributed by atoms with Crippen molar-refractivity contribution >= 4 is 52.7 Å². The van der Waals surface area contributed by atoms with Crippen molar-refractivity contribution in [3.05, 3.63) is 196 Å². The zero-order valence-electron chi connectivity index (χ0n) is 42.3. The molecular formula is C58H67N9O9. The highest BCUT2D eigenvalue weighted by atomic mass is 16.6. The van der Waals surface area contributed by atoms with Crippen LogP contribution in [0.3, 0.4) is 0 Å². The summed E-state index contributed by atoms with van der Waals surface area (Å²) in [6, 6.07) is 39.6. The molecule has 3 amide bonds. The van der Waals surface area contributed by atoms with Gasteiger partial charge in [-0.2, -0.15) is 0 Å². The van der Waals surface area contributed by atoms with Crippen molar-refractivity contribution < 1.29 is 43.0 Å². The number of hydrogen-bond donors (Lipinski definition) is 9. The third-order valence-corrected chi connectivity index (χ3v) is 12.6. The molecule has 0 heterocycles.